The topological polar surface area (TPSA) is 168 Å². The molecule has 0 aliphatic carbocycles. The zero-order chi connectivity index (χ0) is 17.4. The van der Waals surface area contributed by atoms with E-state index in [0.717, 1.165) is 4.57 Å². The Bertz CT molecular complexity index is 774. The summed E-state index contributed by atoms with van der Waals surface area (Å²) in [6.07, 6.45) is -2.11. The van der Waals surface area contributed by atoms with E-state index in [4.69, 9.17) is 14.7 Å². The van der Waals surface area contributed by atoms with E-state index in [0.29, 0.717) is 0 Å². The molecule has 1 fully saturated rings. The van der Waals surface area contributed by atoms with Gasteiger partial charge >= 0.3 is 19.0 Å². The van der Waals surface area contributed by atoms with Crippen LogP contribution in [0.4, 0.5) is 4.79 Å². The first-order chi connectivity index (χ1) is 10.6. The van der Waals surface area contributed by atoms with Crippen LogP contribution in [0.1, 0.15) is 12.6 Å². The number of ether oxygens (including phenoxy) is 1. The predicted octanol–water partition coefficient (Wildman–Crippen LogP) is -0.173. The zero-order valence-corrected chi connectivity index (χ0v) is 13.8. The molecule has 2 rings (SSSR count). The molecule has 0 radical (unpaired) electrons. The molecule has 1 aromatic rings. The quantitative estimate of drug-likeness (QED) is 0.477. The van der Waals surface area contributed by atoms with E-state index >= 15 is 0 Å². The first-order valence-electron chi connectivity index (χ1n) is 6.17. The van der Waals surface area contributed by atoms with Crippen LogP contribution >= 0.6 is 23.5 Å². The van der Waals surface area contributed by atoms with Gasteiger partial charge in [0.2, 0.25) is 0 Å². The molecule has 0 spiro atoms. The van der Waals surface area contributed by atoms with Crippen LogP contribution in [-0.4, -0.2) is 49.2 Å². The fourth-order valence-electron chi connectivity index (χ4n) is 1.94. The lowest BCUT2D eigenvalue weighted by Gasteiger charge is -2.17. The molecular weight excluding hydrogens is 403 g/mol. The van der Waals surface area contributed by atoms with E-state index in [-0.39, 0.29) is 10.9 Å². The maximum absolute atomic E-state index is 11.7. The van der Waals surface area contributed by atoms with E-state index in [2.05, 4.69) is 20.5 Å². The van der Waals surface area contributed by atoms with Crippen molar-refractivity contribution in [3.63, 3.8) is 0 Å². The van der Waals surface area contributed by atoms with Crippen LogP contribution in [0.5, 0.6) is 0 Å². The standard InChI is InChI=1S/C10H12BrN2O9P/c11-4-2-13(9(16)12-8(4)15)7-1-5(14)6(22-7)3-21-23(19,20)10(17)18/h2,5-7,14H,1,3H2,(H,17,18)(H,19,20)(H,12,15,16). The van der Waals surface area contributed by atoms with Gasteiger partial charge in [-0.3, -0.25) is 18.9 Å². The van der Waals surface area contributed by atoms with Crippen LogP contribution < -0.4 is 11.2 Å². The second-order valence-electron chi connectivity index (χ2n) is 4.67. The monoisotopic (exact) mass is 414 g/mol. The van der Waals surface area contributed by atoms with E-state index in [1.165, 1.54) is 6.20 Å². The summed E-state index contributed by atoms with van der Waals surface area (Å²) in [5, 5.41) is 18.3. The fraction of sp³-hybridized carbons (Fsp3) is 0.500. The van der Waals surface area contributed by atoms with Gasteiger partial charge in [0.25, 0.3) is 5.56 Å². The average Bonchev–Trinajstić information content (AvgIpc) is 2.81. The average molecular weight is 415 g/mol. The highest BCUT2D eigenvalue weighted by Gasteiger charge is 2.39. The number of nitrogens with zero attached hydrogens (tertiary/aromatic N) is 1. The number of hydrogen-bond donors (Lipinski definition) is 4. The minimum absolute atomic E-state index is 0.0603. The minimum atomic E-state index is -4.86. The number of nitrogens with one attached hydrogen (secondary N) is 1. The number of carbonyl (C=O) groups is 1. The normalized spacial score (nSPS) is 26.8. The summed E-state index contributed by atoms with van der Waals surface area (Å²) < 4.78 is 22.0. The Morgan fingerprint density at radius 2 is 2.22 bits per heavy atom. The third-order valence-corrected chi connectivity index (χ3v) is 4.64. The maximum atomic E-state index is 11.7. The summed E-state index contributed by atoms with van der Waals surface area (Å²) in [6.45, 7) is -0.656. The highest BCUT2D eigenvalue weighted by molar-refractivity contribution is 9.10. The molecule has 23 heavy (non-hydrogen) atoms. The zero-order valence-electron chi connectivity index (χ0n) is 11.3. The van der Waals surface area contributed by atoms with Crippen LogP contribution in [0.15, 0.2) is 20.3 Å². The molecule has 1 aliphatic rings. The molecule has 2 heterocycles. The van der Waals surface area contributed by atoms with Gasteiger partial charge in [0.05, 0.1) is 17.2 Å². The summed E-state index contributed by atoms with van der Waals surface area (Å²) in [7, 11) is -4.86. The van der Waals surface area contributed by atoms with Crippen LogP contribution in [0.25, 0.3) is 0 Å². The Hall–Kier alpha value is -1.30. The van der Waals surface area contributed by atoms with Crippen LogP contribution in [0.3, 0.4) is 0 Å². The van der Waals surface area contributed by atoms with Gasteiger partial charge in [-0.1, -0.05) is 0 Å². The summed E-state index contributed by atoms with van der Waals surface area (Å²) in [6, 6.07) is 0. The predicted molar refractivity (Wildman–Crippen MR) is 77.4 cm³/mol. The van der Waals surface area contributed by atoms with Crippen molar-refractivity contribution in [1.29, 1.82) is 0 Å². The molecular formula is C10H12BrN2O9P. The Labute approximate surface area is 136 Å². The van der Waals surface area contributed by atoms with Gasteiger partial charge in [-0.05, 0) is 15.9 Å². The Morgan fingerprint density at radius 3 is 2.83 bits per heavy atom. The molecule has 0 aromatic carbocycles. The molecule has 1 saturated heterocycles. The van der Waals surface area contributed by atoms with Crippen molar-refractivity contribution in [2.24, 2.45) is 0 Å². The lowest BCUT2D eigenvalue weighted by molar-refractivity contribution is -0.0422. The van der Waals surface area contributed by atoms with Crippen LogP contribution in [-0.2, 0) is 13.8 Å². The number of aromatic amines is 1. The summed E-state index contributed by atoms with van der Waals surface area (Å²) in [4.78, 5) is 44.5. The number of hydrogen-bond acceptors (Lipinski definition) is 7. The third kappa shape index (κ3) is 3.97. The summed E-state index contributed by atoms with van der Waals surface area (Å²) >= 11 is 2.95. The maximum Gasteiger partial charge on any atom is 0.435 e. The SMILES string of the molecule is O=C(O)P(=O)(O)OCC1OC(n2cc(Br)c(=O)[nH]c2=O)CC1O. The molecule has 4 atom stereocenters. The van der Waals surface area contributed by atoms with E-state index in [1.807, 2.05) is 4.98 Å². The van der Waals surface area contributed by atoms with Crippen molar-refractivity contribution < 1.29 is 33.7 Å². The highest BCUT2D eigenvalue weighted by Crippen LogP contribution is 2.43. The highest BCUT2D eigenvalue weighted by atomic mass is 79.9. The van der Waals surface area contributed by atoms with Crippen molar-refractivity contribution in [2.75, 3.05) is 6.61 Å². The van der Waals surface area contributed by atoms with Crippen molar-refractivity contribution in [3.05, 3.63) is 31.5 Å². The van der Waals surface area contributed by atoms with Crippen LogP contribution in [0.2, 0.25) is 0 Å². The van der Waals surface area contributed by atoms with E-state index in [1.54, 1.807) is 0 Å². The first kappa shape index (κ1) is 18.0. The molecule has 0 saturated carbocycles. The Balaban J connectivity index is 2.11. The van der Waals surface area contributed by atoms with Gasteiger partial charge in [-0.25, -0.2) is 14.2 Å². The van der Waals surface area contributed by atoms with Crippen molar-refractivity contribution in [3.8, 4) is 0 Å². The number of halogens is 1. The van der Waals surface area contributed by atoms with Crippen molar-refractivity contribution in [1.82, 2.24) is 9.55 Å². The largest absolute Gasteiger partial charge is 0.472 e. The molecule has 1 aromatic heterocycles. The van der Waals surface area contributed by atoms with E-state index in [9.17, 15) is 24.1 Å². The van der Waals surface area contributed by atoms with Gasteiger partial charge in [0.15, 0.2) is 0 Å². The molecule has 13 heteroatoms. The second kappa shape index (κ2) is 6.67. The molecule has 4 N–H and O–H groups in total. The number of H-pyrrole nitrogens is 1. The first-order valence-corrected chi connectivity index (χ1v) is 8.54. The lowest BCUT2D eigenvalue weighted by Crippen LogP contribution is -2.32. The summed E-state index contributed by atoms with van der Waals surface area (Å²) in [5.41, 5.74) is -3.43. The smallest absolute Gasteiger partial charge is 0.435 e. The minimum Gasteiger partial charge on any atom is -0.472 e. The van der Waals surface area contributed by atoms with Gasteiger partial charge in [-0.15, -0.1) is 0 Å². The molecule has 0 amide bonds. The number of carboxylic acid groups (broad SMARTS) is 1. The third-order valence-electron chi connectivity index (χ3n) is 3.09. The van der Waals surface area contributed by atoms with Gasteiger partial charge in [0, 0.05) is 12.6 Å². The molecule has 0 bridgehead atoms. The Kier molecular flexibility index (Phi) is 5.23. The van der Waals surface area contributed by atoms with Crippen LogP contribution in [0, 0.1) is 0 Å². The molecule has 4 unspecified atom stereocenters. The van der Waals surface area contributed by atoms with Crippen molar-refractivity contribution in [2.45, 2.75) is 24.9 Å². The number of aliphatic hydroxyl groups excluding tert-OH is 1. The van der Waals surface area contributed by atoms with Gasteiger partial charge in [0.1, 0.15) is 12.3 Å². The van der Waals surface area contributed by atoms with E-state index < -0.39 is 49.6 Å². The molecule has 1 aliphatic heterocycles. The second-order valence-corrected chi connectivity index (χ2v) is 7.21. The molecule has 128 valence electrons. The Morgan fingerprint density at radius 1 is 1.57 bits per heavy atom. The lowest BCUT2D eigenvalue weighted by atomic mass is 10.2. The number of aliphatic hydroxyl groups is 1. The summed E-state index contributed by atoms with van der Waals surface area (Å²) in [5.74, 6) is 0. The van der Waals surface area contributed by atoms with Gasteiger partial charge < -0.3 is 19.8 Å². The number of rotatable bonds is 5. The molecule has 11 nitrogen and oxygen atoms in total. The number of aromatic nitrogens is 2. The van der Waals surface area contributed by atoms with Gasteiger partial charge in [-0.2, -0.15) is 0 Å². The fourth-order valence-corrected chi connectivity index (χ4v) is 2.72. The van der Waals surface area contributed by atoms with Crippen molar-refractivity contribution >= 4 is 29.2 Å².